The minimum absolute atomic E-state index is 0.214. The standard InChI is InChI=1S/C7H3Cl3F3NS/c1-15-4-2(7(11,12)13)5(9)14-6(10)3(4)8/h1H3. The molecule has 15 heavy (non-hydrogen) atoms. The van der Waals surface area contributed by atoms with Crippen molar-refractivity contribution in [2.75, 3.05) is 6.26 Å². The van der Waals surface area contributed by atoms with E-state index in [-0.39, 0.29) is 15.1 Å². The summed E-state index contributed by atoms with van der Waals surface area (Å²) in [7, 11) is 0. The summed E-state index contributed by atoms with van der Waals surface area (Å²) >= 11 is 17.3. The number of thioether (sulfide) groups is 1. The van der Waals surface area contributed by atoms with Gasteiger partial charge in [0.1, 0.15) is 10.7 Å². The van der Waals surface area contributed by atoms with E-state index in [1.165, 1.54) is 6.26 Å². The van der Waals surface area contributed by atoms with Crippen molar-refractivity contribution in [2.45, 2.75) is 11.1 Å². The molecule has 0 amide bonds. The molecule has 0 radical (unpaired) electrons. The van der Waals surface area contributed by atoms with Gasteiger partial charge < -0.3 is 0 Å². The molecule has 0 aromatic carbocycles. The second-order valence-electron chi connectivity index (χ2n) is 2.41. The molecular weight excluding hydrogens is 294 g/mol. The number of hydrogen-bond acceptors (Lipinski definition) is 2. The van der Waals surface area contributed by atoms with Gasteiger partial charge in [0, 0.05) is 4.90 Å². The summed E-state index contributed by atoms with van der Waals surface area (Å²) in [6.45, 7) is 0. The highest BCUT2D eigenvalue weighted by molar-refractivity contribution is 7.98. The molecule has 0 N–H and O–H groups in total. The highest BCUT2D eigenvalue weighted by Crippen LogP contribution is 2.44. The summed E-state index contributed by atoms with van der Waals surface area (Å²) in [5.41, 5.74) is -1.05. The minimum atomic E-state index is -4.60. The number of aromatic nitrogens is 1. The molecule has 0 saturated carbocycles. The van der Waals surface area contributed by atoms with E-state index in [4.69, 9.17) is 34.8 Å². The van der Waals surface area contributed by atoms with Crippen LogP contribution in [0.3, 0.4) is 0 Å². The van der Waals surface area contributed by atoms with Crippen LogP contribution in [0.25, 0.3) is 0 Å². The number of hydrogen-bond donors (Lipinski definition) is 0. The van der Waals surface area contributed by atoms with E-state index in [9.17, 15) is 13.2 Å². The number of nitrogens with zero attached hydrogens (tertiary/aromatic N) is 1. The summed E-state index contributed by atoms with van der Waals surface area (Å²) in [6, 6.07) is 0. The highest BCUT2D eigenvalue weighted by Gasteiger charge is 2.38. The number of rotatable bonds is 1. The normalized spacial score (nSPS) is 11.9. The van der Waals surface area contributed by atoms with Crippen molar-refractivity contribution in [1.82, 2.24) is 4.98 Å². The van der Waals surface area contributed by atoms with Gasteiger partial charge >= 0.3 is 6.18 Å². The molecule has 8 heteroatoms. The van der Waals surface area contributed by atoms with E-state index < -0.39 is 16.9 Å². The van der Waals surface area contributed by atoms with E-state index in [2.05, 4.69) is 4.98 Å². The lowest BCUT2D eigenvalue weighted by Gasteiger charge is -2.14. The molecule has 0 bridgehead atoms. The Morgan fingerprint density at radius 1 is 1.13 bits per heavy atom. The fraction of sp³-hybridized carbons (Fsp3) is 0.286. The predicted molar refractivity (Wildman–Crippen MR) is 56.1 cm³/mol. The zero-order chi connectivity index (χ0) is 11.8. The smallest absolute Gasteiger partial charge is 0.222 e. The van der Waals surface area contributed by atoms with Gasteiger partial charge in [-0.15, -0.1) is 11.8 Å². The van der Waals surface area contributed by atoms with Crippen LogP contribution in [0.1, 0.15) is 5.56 Å². The largest absolute Gasteiger partial charge is 0.420 e. The number of pyridine rings is 1. The second kappa shape index (κ2) is 4.57. The lowest BCUT2D eigenvalue weighted by atomic mass is 10.3. The number of alkyl halides is 3. The van der Waals surface area contributed by atoms with Crippen LogP contribution in [-0.2, 0) is 6.18 Å². The van der Waals surface area contributed by atoms with Gasteiger partial charge in [-0.2, -0.15) is 13.2 Å². The first-order chi connectivity index (χ1) is 6.79. The molecule has 0 atom stereocenters. The Labute approximate surface area is 103 Å². The molecule has 0 aliphatic heterocycles. The maximum absolute atomic E-state index is 12.6. The molecule has 84 valence electrons. The monoisotopic (exact) mass is 295 g/mol. The number of halogens is 6. The average Bonchev–Trinajstić information content (AvgIpc) is 2.08. The van der Waals surface area contributed by atoms with Crippen molar-refractivity contribution in [3.8, 4) is 0 Å². The average molecular weight is 297 g/mol. The molecular formula is C7H3Cl3F3NS. The maximum atomic E-state index is 12.6. The minimum Gasteiger partial charge on any atom is -0.222 e. The van der Waals surface area contributed by atoms with Crippen molar-refractivity contribution >= 4 is 46.6 Å². The summed E-state index contributed by atoms with van der Waals surface area (Å²) in [4.78, 5) is 3.10. The Kier molecular flexibility index (Phi) is 4.03. The molecule has 0 aliphatic rings. The lowest BCUT2D eigenvalue weighted by molar-refractivity contribution is -0.139. The second-order valence-corrected chi connectivity index (χ2v) is 4.32. The van der Waals surface area contributed by atoms with Crippen LogP contribution in [0.4, 0.5) is 13.2 Å². The third-order valence-electron chi connectivity index (χ3n) is 1.50. The van der Waals surface area contributed by atoms with Gasteiger partial charge in [0.2, 0.25) is 0 Å². The summed E-state index contributed by atoms with van der Waals surface area (Å²) in [5, 5.41) is -1.17. The molecule has 1 aromatic rings. The predicted octanol–water partition coefficient (Wildman–Crippen LogP) is 4.78. The van der Waals surface area contributed by atoms with E-state index in [1.807, 2.05) is 0 Å². The quantitative estimate of drug-likeness (QED) is 0.546. The van der Waals surface area contributed by atoms with Crippen molar-refractivity contribution < 1.29 is 13.2 Å². The van der Waals surface area contributed by atoms with E-state index in [0.29, 0.717) is 0 Å². The summed E-state index contributed by atoms with van der Waals surface area (Å²) in [6.07, 6.45) is -3.15. The fourth-order valence-corrected chi connectivity index (χ4v) is 2.61. The first kappa shape index (κ1) is 13.2. The van der Waals surface area contributed by atoms with Crippen LogP contribution >= 0.6 is 46.6 Å². The molecule has 0 aliphatic carbocycles. The van der Waals surface area contributed by atoms with Crippen LogP contribution in [0.2, 0.25) is 15.3 Å². The van der Waals surface area contributed by atoms with Crippen LogP contribution in [0.5, 0.6) is 0 Å². The van der Waals surface area contributed by atoms with E-state index in [0.717, 1.165) is 11.8 Å². The topological polar surface area (TPSA) is 12.9 Å². The third kappa shape index (κ3) is 2.64. The van der Waals surface area contributed by atoms with Crippen molar-refractivity contribution in [1.29, 1.82) is 0 Å². The van der Waals surface area contributed by atoms with Crippen molar-refractivity contribution in [2.24, 2.45) is 0 Å². The first-order valence-corrected chi connectivity index (χ1v) is 5.80. The van der Waals surface area contributed by atoms with Crippen LogP contribution in [0.15, 0.2) is 4.90 Å². The van der Waals surface area contributed by atoms with Gasteiger partial charge in [-0.1, -0.05) is 34.8 Å². The van der Waals surface area contributed by atoms with Crippen molar-refractivity contribution in [3.63, 3.8) is 0 Å². The zero-order valence-electron chi connectivity index (χ0n) is 7.12. The molecule has 0 spiro atoms. The molecule has 1 heterocycles. The summed E-state index contributed by atoms with van der Waals surface area (Å²) < 4.78 is 37.7. The first-order valence-electron chi connectivity index (χ1n) is 3.44. The SMILES string of the molecule is CSc1c(Cl)c(Cl)nc(Cl)c1C(F)(F)F. The highest BCUT2D eigenvalue weighted by atomic mass is 35.5. The Hall–Kier alpha value is 0.160. The molecule has 0 saturated heterocycles. The van der Waals surface area contributed by atoms with Crippen LogP contribution < -0.4 is 0 Å². The van der Waals surface area contributed by atoms with Gasteiger partial charge in [0.25, 0.3) is 0 Å². The van der Waals surface area contributed by atoms with Gasteiger partial charge in [-0.3, -0.25) is 0 Å². The van der Waals surface area contributed by atoms with Gasteiger partial charge in [-0.05, 0) is 6.26 Å². The Morgan fingerprint density at radius 2 is 1.67 bits per heavy atom. The molecule has 0 fully saturated rings. The van der Waals surface area contributed by atoms with Gasteiger partial charge in [0.15, 0.2) is 5.15 Å². The Balaban J connectivity index is 3.57. The van der Waals surface area contributed by atoms with Gasteiger partial charge in [-0.25, -0.2) is 4.98 Å². The van der Waals surface area contributed by atoms with Crippen LogP contribution in [0, 0.1) is 0 Å². The molecule has 1 rings (SSSR count). The van der Waals surface area contributed by atoms with E-state index >= 15 is 0 Å². The zero-order valence-corrected chi connectivity index (χ0v) is 10.2. The Bertz CT molecular complexity index is 394. The summed E-state index contributed by atoms with van der Waals surface area (Å²) in [5.74, 6) is 0. The van der Waals surface area contributed by atoms with Crippen molar-refractivity contribution in [3.05, 3.63) is 20.9 Å². The molecule has 1 nitrogen and oxygen atoms in total. The third-order valence-corrected chi connectivity index (χ3v) is 3.44. The molecule has 1 aromatic heterocycles. The maximum Gasteiger partial charge on any atom is 0.420 e. The van der Waals surface area contributed by atoms with Crippen LogP contribution in [-0.4, -0.2) is 11.2 Å². The van der Waals surface area contributed by atoms with Gasteiger partial charge in [0.05, 0.1) is 5.02 Å². The molecule has 0 unspecified atom stereocenters. The fourth-order valence-electron chi connectivity index (χ4n) is 0.926. The van der Waals surface area contributed by atoms with E-state index in [1.54, 1.807) is 0 Å². The lowest BCUT2D eigenvalue weighted by Crippen LogP contribution is -2.09. The Morgan fingerprint density at radius 3 is 2.07 bits per heavy atom.